The first-order valence-electron chi connectivity index (χ1n) is 9.26. The summed E-state index contributed by atoms with van der Waals surface area (Å²) in [7, 11) is -2.29. The Labute approximate surface area is 194 Å². The number of nitro groups is 1. The van der Waals surface area contributed by atoms with E-state index in [0.717, 1.165) is 0 Å². The summed E-state index contributed by atoms with van der Waals surface area (Å²) in [4.78, 5) is 23.3. The number of sulfonamides is 1. The Balaban J connectivity index is 1.78. The highest BCUT2D eigenvalue weighted by Crippen LogP contribution is 2.38. The number of anilines is 1. The number of hydrogen-bond acceptors (Lipinski definition) is 7. The lowest BCUT2D eigenvalue weighted by molar-refractivity contribution is -0.385. The molecule has 0 unspecified atom stereocenters. The second kappa shape index (κ2) is 9.86. The van der Waals surface area contributed by atoms with E-state index in [4.69, 9.17) is 26.2 Å². The first-order valence-corrected chi connectivity index (χ1v) is 11.4. The van der Waals surface area contributed by atoms with E-state index in [9.17, 15) is 23.3 Å². The van der Waals surface area contributed by atoms with Crippen LogP contribution in [0.5, 0.6) is 17.2 Å². The highest BCUT2D eigenvalue weighted by atomic mass is 35.5. The van der Waals surface area contributed by atoms with Crippen molar-refractivity contribution in [2.24, 2.45) is 5.14 Å². The van der Waals surface area contributed by atoms with Crippen LogP contribution >= 0.6 is 11.6 Å². The molecule has 0 atom stereocenters. The molecule has 0 aliphatic carbocycles. The van der Waals surface area contributed by atoms with Gasteiger partial charge in [0, 0.05) is 22.3 Å². The average Bonchev–Trinajstić information content (AvgIpc) is 2.75. The summed E-state index contributed by atoms with van der Waals surface area (Å²) < 4.78 is 33.2. The highest BCUT2D eigenvalue weighted by Gasteiger charge is 2.19. The number of nitrogens with two attached hydrogens (primary N) is 1. The SMILES string of the molecule is COc1cc(C(=O)Nc2ccc(CS(N)(=O)=O)cc2)ccc1Oc1ccc(Cl)cc1[N+](=O)[O-]. The molecule has 0 saturated carbocycles. The molecule has 3 aromatic rings. The number of ether oxygens (including phenoxy) is 2. The van der Waals surface area contributed by atoms with Crippen molar-refractivity contribution in [3.8, 4) is 17.2 Å². The maximum atomic E-state index is 12.6. The van der Waals surface area contributed by atoms with Crippen LogP contribution in [0.1, 0.15) is 15.9 Å². The fourth-order valence-corrected chi connectivity index (χ4v) is 3.67. The number of amides is 1. The topological polar surface area (TPSA) is 151 Å². The molecule has 12 heteroatoms. The van der Waals surface area contributed by atoms with Crippen LogP contribution in [0, 0.1) is 10.1 Å². The number of nitrogens with one attached hydrogen (secondary N) is 1. The number of rotatable bonds is 8. The predicted molar refractivity (Wildman–Crippen MR) is 122 cm³/mol. The summed E-state index contributed by atoms with van der Waals surface area (Å²) in [6, 6.07) is 14.5. The number of carbonyl (C=O) groups excluding carboxylic acids is 1. The Morgan fingerprint density at radius 3 is 2.33 bits per heavy atom. The lowest BCUT2D eigenvalue weighted by atomic mass is 10.1. The normalized spacial score (nSPS) is 11.0. The van der Waals surface area contributed by atoms with Crippen LogP contribution < -0.4 is 19.9 Å². The van der Waals surface area contributed by atoms with Gasteiger partial charge in [0.2, 0.25) is 15.8 Å². The van der Waals surface area contributed by atoms with Crippen molar-refractivity contribution in [3.63, 3.8) is 0 Å². The van der Waals surface area contributed by atoms with Gasteiger partial charge in [-0.05, 0) is 48.0 Å². The number of methoxy groups -OCH3 is 1. The van der Waals surface area contributed by atoms with E-state index in [1.807, 2.05) is 0 Å². The average molecular weight is 492 g/mol. The van der Waals surface area contributed by atoms with Crippen LogP contribution in [0.15, 0.2) is 60.7 Å². The van der Waals surface area contributed by atoms with Gasteiger partial charge in [0.15, 0.2) is 11.5 Å². The molecular formula is C21H18ClN3O7S. The first-order chi connectivity index (χ1) is 15.6. The van der Waals surface area contributed by atoms with Crippen molar-refractivity contribution in [1.82, 2.24) is 0 Å². The number of carbonyl (C=O) groups is 1. The van der Waals surface area contributed by atoms with Crippen molar-refractivity contribution in [1.29, 1.82) is 0 Å². The fourth-order valence-electron chi connectivity index (χ4n) is 2.85. The Kier molecular flexibility index (Phi) is 7.16. The third-order valence-corrected chi connectivity index (χ3v) is 5.31. The zero-order chi connectivity index (χ0) is 24.2. The maximum absolute atomic E-state index is 12.6. The minimum atomic E-state index is -3.66. The summed E-state index contributed by atoms with van der Waals surface area (Å²) in [5, 5.41) is 19.2. The van der Waals surface area contributed by atoms with Crippen molar-refractivity contribution >= 4 is 38.9 Å². The zero-order valence-corrected chi connectivity index (χ0v) is 18.7. The largest absolute Gasteiger partial charge is 0.493 e. The predicted octanol–water partition coefficient (Wildman–Crippen LogP) is 4.09. The van der Waals surface area contributed by atoms with Gasteiger partial charge < -0.3 is 14.8 Å². The quantitative estimate of drug-likeness (QED) is 0.355. The van der Waals surface area contributed by atoms with E-state index in [2.05, 4.69) is 5.32 Å². The summed E-state index contributed by atoms with van der Waals surface area (Å²) in [5.74, 6) is -0.482. The van der Waals surface area contributed by atoms with Gasteiger partial charge >= 0.3 is 5.69 Å². The number of hydrogen-bond donors (Lipinski definition) is 2. The van der Waals surface area contributed by atoms with E-state index >= 15 is 0 Å². The molecule has 0 radical (unpaired) electrons. The first kappa shape index (κ1) is 24.0. The molecule has 0 saturated heterocycles. The molecule has 0 heterocycles. The smallest absolute Gasteiger partial charge is 0.313 e. The van der Waals surface area contributed by atoms with Gasteiger partial charge in [0.1, 0.15) is 0 Å². The number of benzene rings is 3. The minimum absolute atomic E-state index is 0.0421. The van der Waals surface area contributed by atoms with E-state index in [1.165, 1.54) is 55.6 Å². The van der Waals surface area contributed by atoms with Crippen LogP contribution in [0.3, 0.4) is 0 Å². The second-order valence-electron chi connectivity index (χ2n) is 6.80. The van der Waals surface area contributed by atoms with E-state index in [0.29, 0.717) is 11.3 Å². The third kappa shape index (κ3) is 6.42. The van der Waals surface area contributed by atoms with Crippen molar-refractivity contribution < 1.29 is 27.6 Å². The Bertz CT molecular complexity index is 1310. The number of nitro benzene ring substituents is 1. The van der Waals surface area contributed by atoms with Gasteiger partial charge in [-0.25, -0.2) is 13.6 Å². The summed E-state index contributed by atoms with van der Waals surface area (Å²) >= 11 is 5.82. The molecule has 10 nitrogen and oxygen atoms in total. The molecule has 3 rings (SSSR count). The van der Waals surface area contributed by atoms with Crippen LogP contribution in [0.2, 0.25) is 5.02 Å². The van der Waals surface area contributed by atoms with E-state index in [1.54, 1.807) is 12.1 Å². The van der Waals surface area contributed by atoms with Gasteiger partial charge in [0.25, 0.3) is 5.91 Å². The molecule has 0 aromatic heterocycles. The molecule has 0 aliphatic heterocycles. The molecule has 0 fully saturated rings. The summed E-state index contributed by atoms with van der Waals surface area (Å²) in [6.45, 7) is 0. The molecule has 0 spiro atoms. The standard InChI is InChI=1S/C21H18ClN3O7S/c1-31-20-10-14(21(26)24-16-6-2-13(3-7-16)12-33(23,29)30)4-8-19(20)32-18-9-5-15(22)11-17(18)25(27)28/h2-11H,12H2,1H3,(H,24,26)(H2,23,29,30). The molecule has 172 valence electrons. The molecule has 0 aliphatic rings. The lowest BCUT2D eigenvalue weighted by Gasteiger charge is -2.12. The van der Waals surface area contributed by atoms with E-state index < -0.39 is 20.9 Å². The van der Waals surface area contributed by atoms with Gasteiger partial charge in [0.05, 0.1) is 17.8 Å². The number of halogens is 1. The molecule has 1 amide bonds. The van der Waals surface area contributed by atoms with Crippen molar-refractivity contribution in [2.75, 3.05) is 12.4 Å². The van der Waals surface area contributed by atoms with Gasteiger partial charge in [-0.1, -0.05) is 23.7 Å². The monoisotopic (exact) mass is 491 g/mol. The van der Waals surface area contributed by atoms with Gasteiger partial charge in [-0.2, -0.15) is 0 Å². The van der Waals surface area contributed by atoms with Crippen LogP contribution in [-0.2, 0) is 15.8 Å². The summed E-state index contributed by atoms with van der Waals surface area (Å²) in [5.41, 5.74) is 0.833. The Morgan fingerprint density at radius 2 is 1.73 bits per heavy atom. The lowest BCUT2D eigenvalue weighted by Crippen LogP contribution is -2.15. The zero-order valence-electron chi connectivity index (χ0n) is 17.1. The van der Waals surface area contributed by atoms with Gasteiger partial charge in [-0.3, -0.25) is 14.9 Å². The molecule has 3 aromatic carbocycles. The van der Waals surface area contributed by atoms with Crippen molar-refractivity contribution in [2.45, 2.75) is 5.75 Å². The second-order valence-corrected chi connectivity index (χ2v) is 8.85. The van der Waals surface area contributed by atoms with Crippen LogP contribution in [-0.4, -0.2) is 26.4 Å². The van der Waals surface area contributed by atoms with Crippen LogP contribution in [0.25, 0.3) is 0 Å². The highest BCUT2D eigenvalue weighted by molar-refractivity contribution is 7.88. The van der Waals surface area contributed by atoms with Crippen LogP contribution in [0.4, 0.5) is 11.4 Å². The fraction of sp³-hybridized carbons (Fsp3) is 0.0952. The van der Waals surface area contributed by atoms with E-state index in [-0.39, 0.29) is 39.3 Å². The Hall–Kier alpha value is -3.67. The molecular weight excluding hydrogens is 474 g/mol. The molecule has 33 heavy (non-hydrogen) atoms. The summed E-state index contributed by atoms with van der Waals surface area (Å²) in [6.07, 6.45) is 0. The maximum Gasteiger partial charge on any atom is 0.313 e. The number of primary sulfonamides is 1. The molecule has 3 N–H and O–H groups in total. The molecule has 0 bridgehead atoms. The Morgan fingerprint density at radius 1 is 1.06 bits per heavy atom. The van der Waals surface area contributed by atoms with Crippen molar-refractivity contribution in [3.05, 3.63) is 86.9 Å². The minimum Gasteiger partial charge on any atom is -0.493 e. The third-order valence-electron chi connectivity index (χ3n) is 4.34. The van der Waals surface area contributed by atoms with Gasteiger partial charge in [-0.15, -0.1) is 0 Å². The number of nitrogens with zero attached hydrogens (tertiary/aromatic N) is 1.